The first-order chi connectivity index (χ1) is 8.67. The van der Waals surface area contributed by atoms with E-state index in [4.69, 9.17) is 4.74 Å². The van der Waals surface area contributed by atoms with Gasteiger partial charge in [-0.2, -0.15) is 0 Å². The summed E-state index contributed by atoms with van der Waals surface area (Å²) in [6.07, 6.45) is 2.88. The molecule has 2 N–H and O–H groups in total. The number of aromatic nitrogens is 2. The monoisotopic (exact) mass is 252 g/mol. The highest BCUT2D eigenvalue weighted by Crippen LogP contribution is 2.21. The van der Waals surface area contributed by atoms with Gasteiger partial charge in [0, 0.05) is 12.6 Å². The number of nitrogens with one attached hydrogen (secondary N) is 2. The predicted octanol–water partition coefficient (Wildman–Crippen LogP) is 1.44. The standard InChI is InChI=1S/C12H20N4O2/c1-5-8-10(13-3)14-7-15-11(8)16-9(6-2)12(17)18-4/h7,9H,5-6H2,1-4H3,(H2,13,14,15,16). The van der Waals surface area contributed by atoms with E-state index in [0.717, 1.165) is 17.8 Å². The molecule has 0 radical (unpaired) electrons. The van der Waals surface area contributed by atoms with Crippen LogP contribution < -0.4 is 10.6 Å². The van der Waals surface area contributed by atoms with Crippen molar-refractivity contribution in [2.45, 2.75) is 32.7 Å². The summed E-state index contributed by atoms with van der Waals surface area (Å²) in [7, 11) is 3.19. The molecule has 1 heterocycles. The van der Waals surface area contributed by atoms with Crippen molar-refractivity contribution in [2.75, 3.05) is 24.8 Å². The van der Waals surface area contributed by atoms with Gasteiger partial charge in [0.25, 0.3) is 0 Å². The number of methoxy groups -OCH3 is 1. The van der Waals surface area contributed by atoms with Gasteiger partial charge in [0.1, 0.15) is 24.0 Å². The lowest BCUT2D eigenvalue weighted by Crippen LogP contribution is -2.30. The Bertz CT molecular complexity index is 409. The van der Waals surface area contributed by atoms with Gasteiger partial charge >= 0.3 is 5.97 Å². The van der Waals surface area contributed by atoms with Gasteiger partial charge in [-0.05, 0) is 12.8 Å². The first-order valence-corrected chi connectivity index (χ1v) is 6.03. The van der Waals surface area contributed by atoms with Crippen molar-refractivity contribution in [1.82, 2.24) is 9.97 Å². The Morgan fingerprint density at radius 3 is 2.56 bits per heavy atom. The molecule has 0 aliphatic rings. The van der Waals surface area contributed by atoms with Gasteiger partial charge in [-0.3, -0.25) is 0 Å². The zero-order chi connectivity index (χ0) is 13.5. The van der Waals surface area contributed by atoms with Crippen molar-refractivity contribution in [3.8, 4) is 0 Å². The van der Waals surface area contributed by atoms with E-state index in [9.17, 15) is 4.79 Å². The van der Waals surface area contributed by atoms with Crippen LogP contribution >= 0.6 is 0 Å². The Morgan fingerprint density at radius 2 is 2.06 bits per heavy atom. The minimum atomic E-state index is -0.389. The van der Waals surface area contributed by atoms with E-state index in [-0.39, 0.29) is 12.0 Å². The molecule has 1 rings (SSSR count). The topological polar surface area (TPSA) is 76.1 Å². The van der Waals surface area contributed by atoms with E-state index in [2.05, 4.69) is 20.6 Å². The number of nitrogens with zero attached hydrogens (tertiary/aromatic N) is 2. The lowest BCUT2D eigenvalue weighted by atomic mass is 10.1. The van der Waals surface area contributed by atoms with E-state index in [0.29, 0.717) is 12.2 Å². The smallest absolute Gasteiger partial charge is 0.328 e. The molecule has 6 heteroatoms. The first kappa shape index (κ1) is 14.2. The summed E-state index contributed by atoms with van der Waals surface area (Å²) in [6, 6.07) is -0.389. The number of ether oxygens (including phenoxy) is 1. The molecule has 1 aromatic rings. The molecule has 0 saturated heterocycles. The van der Waals surface area contributed by atoms with Crippen molar-refractivity contribution in [1.29, 1.82) is 0 Å². The molecule has 0 aliphatic heterocycles. The number of hydrogen-bond donors (Lipinski definition) is 2. The van der Waals surface area contributed by atoms with Crippen molar-refractivity contribution in [3.05, 3.63) is 11.9 Å². The molecule has 0 aliphatic carbocycles. The molecule has 6 nitrogen and oxygen atoms in total. The Hall–Kier alpha value is -1.85. The summed E-state index contributed by atoms with van der Waals surface area (Å²) in [5.41, 5.74) is 0.961. The van der Waals surface area contributed by atoms with Crippen LogP contribution in [0.2, 0.25) is 0 Å². The van der Waals surface area contributed by atoms with E-state index >= 15 is 0 Å². The predicted molar refractivity (Wildman–Crippen MR) is 70.7 cm³/mol. The van der Waals surface area contributed by atoms with Gasteiger partial charge < -0.3 is 15.4 Å². The molecular formula is C12H20N4O2. The van der Waals surface area contributed by atoms with Gasteiger partial charge in [-0.1, -0.05) is 13.8 Å². The Morgan fingerprint density at radius 1 is 1.39 bits per heavy atom. The lowest BCUT2D eigenvalue weighted by molar-refractivity contribution is -0.141. The second-order valence-electron chi connectivity index (χ2n) is 3.78. The molecular weight excluding hydrogens is 232 g/mol. The van der Waals surface area contributed by atoms with Gasteiger partial charge in [0.15, 0.2) is 0 Å². The summed E-state index contributed by atoms with van der Waals surface area (Å²) < 4.78 is 4.75. The summed E-state index contributed by atoms with van der Waals surface area (Å²) in [5.74, 6) is 1.16. The second kappa shape index (κ2) is 6.78. The third kappa shape index (κ3) is 3.09. The zero-order valence-corrected chi connectivity index (χ0v) is 11.3. The molecule has 0 fully saturated rings. The summed E-state index contributed by atoms with van der Waals surface area (Å²) >= 11 is 0. The van der Waals surface area contributed by atoms with Gasteiger partial charge in [-0.15, -0.1) is 0 Å². The molecule has 1 atom stereocenters. The zero-order valence-electron chi connectivity index (χ0n) is 11.3. The van der Waals surface area contributed by atoms with Crippen LogP contribution in [0.4, 0.5) is 11.6 Å². The maximum atomic E-state index is 11.6. The Kier molecular flexibility index (Phi) is 5.35. The van der Waals surface area contributed by atoms with Crippen LogP contribution in [0, 0.1) is 0 Å². The van der Waals surface area contributed by atoms with Crippen molar-refractivity contribution in [3.63, 3.8) is 0 Å². The summed E-state index contributed by atoms with van der Waals surface area (Å²) in [5, 5.41) is 6.12. The number of carbonyl (C=O) groups is 1. The minimum absolute atomic E-state index is 0.288. The minimum Gasteiger partial charge on any atom is -0.467 e. The highest BCUT2D eigenvalue weighted by molar-refractivity contribution is 5.79. The molecule has 100 valence electrons. The van der Waals surface area contributed by atoms with E-state index in [1.165, 1.54) is 13.4 Å². The van der Waals surface area contributed by atoms with Gasteiger partial charge in [-0.25, -0.2) is 14.8 Å². The highest BCUT2D eigenvalue weighted by atomic mass is 16.5. The van der Waals surface area contributed by atoms with Crippen LogP contribution in [0.5, 0.6) is 0 Å². The fraction of sp³-hybridized carbons (Fsp3) is 0.583. The quantitative estimate of drug-likeness (QED) is 0.746. The first-order valence-electron chi connectivity index (χ1n) is 6.03. The largest absolute Gasteiger partial charge is 0.467 e. The van der Waals surface area contributed by atoms with Gasteiger partial charge in [0.05, 0.1) is 7.11 Å². The average molecular weight is 252 g/mol. The molecule has 0 spiro atoms. The van der Waals surface area contributed by atoms with Crippen LogP contribution in [0.15, 0.2) is 6.33 Å². The normalized spacial score (nSPS) is 11.8. The Labute approximate surface area is 107 Å². The SMILES string of the molecule is CCc1c(NC)ncnc1NC(CC)C(=O)OC. The van der Waals surface area contributed by atoms with Crippen LogP contribution in [-0.2, 0) is 16.0 Å². The average Bonchev–Trinajstić information content (AvgIpc) is 2.43. The fourth-order valence-corrected chi connectivity index (χ4v) is 1.72. The molecule has 0 aromatic carbocycles. The third-order valence-corrected chi connectivity index (χ3v) is 2.74. The second-order valence-corrected chi connectivity index (χ2v) is 3.78. The molecule has 0 saturated carbocycles. The van der Waals surface area contributed by atoms with Crippen LogP contribution in [0.3, 0.4) is 0 Å². The molecule has 1 unspecified atom stereocenters. The van der Waals surface area contributed by atoms with Crippen LogP contribution in [-0.4, -0.2) is 36.1 Å². The number of anilines is 2. The van der Waals surface area contributed by atoms with Crippen molar-refractivity contribution >= 4 is 17.6 Å². The molecule has 1 aromatic heterocycles. The van der Waals surface area contributed by atoms with Gasteiger partial charge in [0.2, 0.25) is 0 Å². The van der Waals surface area contributed by atoms with Crippen LogP contribution in [0.25, 0.3) is 0 Å². The molecule has 18 heavy (non-hydrogen) atoms. The van der Waals surface area contributed by atoms with E-state index in [1.54, 1.807) is 0 Å². The summed E-state index contributed by atoms with van der Waals surface area (Å²) in [4.78, 5) is 19.9. The fourth-order valence-electron chi connectivity index (χ4n) is 1.72. The van der Waals surface area contributed by atoms with Crippen LogP contribution in [0.1, 0.15) is 25.8 Å². The lowest BCUT2D eigenvalue weighted by Gasteiger charge is -2.18. The molecule has 0 amide bonds. The number of rotatable bonds is 6. The Balaban J connectivity index is 2.98. The maximum absolute atomic E-state index is 11.6. The summed E-state index contributed by atoms with van der Waals surface area (Å²) in [6.45, 7) is 3.93. The molecule has 0 bridgehead atoms. The van der Waals surface area contributed by atoms with E-state index in [1.807, 2.05) is 20.9 Å². The highest BCUT2D eigenvalue weighted by Gasteiger charge is 2.19. The number of hydrogen-bond acceptors (Lipinski definition) is 6. The third-order valence-electron chi connectivity index (χ3n) is 2.74. The maximum Gasteiger partial charge on any atom is 0.328 e. The van der Waals surface area contributed by atoms with Crippen molar-refractivity contribution in [2.24, 2.45) is 0 Å². The van der Waals surface area contributed by atoms with Crippen molar-refractivity contribution < 1.29 is 9.53 Å². The van der Waals surface area contributed by atoms with E-state index < -0.39 is 0 Å². The number of esters is 1. The number of carbonyl (C=O) groups excluding carboxylic acids is 1.